The van der Waals surface area contributed by atoms with Gasteiger partial charge in [-0.25, -0.2) is 0 Å². The van der Waals surface area contributed by atoms with Crippen LogP contribution in [0.25, 0.3) is 0 Å². The Bertz CT molecular complexity index is 696. The van der Waals surface area contributed by atoms with Gasteiger partial charge in [-0.3, -0.25) is 0 Å². The Morgan fingerprint density at radius 1 is 0.784 bits per heavy atom. The van der Waals surface area contributed by atoms with Gasteiger partial charge in [-0.1, -0.05) is 82.1 Å². The minimum atomic E-state index is -1.40. The molecule has 11 heteroatoms. The van der Waals surface area contributed by atoms with Gasteiger partial charge in [0.1, 0.15) is 14.2 Å². The van der Waals surface area contributed by atoms with Crippen LogP contribution in [0.3, 0.4) is 0 Å². The van der Waals surface area contributed by atoms with E-state index in [0.717, 1.165) is 12.8 Å². The van der Waals surface area contributed by atoms with Crippen molar-refractivity contribution >= 4 is 8.07 Å². The van der Waals surface area contributed by atoms with Crippen LogP contribution in [0.5, 0.6) is 0 Å². The Balaban J connectivity index is -0.0000000877. The molecule has 0 saturated heterocycles. The molecule has 37 heavy (non-hydrogen) atoms. The van der Waals surface area contributed by atoms with Gasteiger partial charge in [-0.2, -0.15) is 0 Å². The van der Waals surface area contributed by atoms with Gasteiger partial charge in [-0.15, -0.1) is 5.54 Å². The Hall–Kier alpha value is -1.63. The van der Waals surface area contributed by atoms with Crippen LogP contribution >= 0.6 is 0 Å². The quantitative estimate of drug-likeness (QED) is 0.129. The molecule has 0 aliphatic carbocycles. The van der Waals surface area contributed by atoms with Crippen molar-refractivity contribution < 1.29 is 70.9 Å². The Kier molecular flexibility index (Phi) is 77.0. The topological polar surface area (TPSA) is 138 Å². The summed E-state index contributed by atoms with van der Waals surface area (Å²) in [4.78, 5) is 0. The van der Waals surface area contributed by atoms with Crippen molar-refractivity contribution in [3.8, 4) is 11.5 Å². The molecule has 0 heterocycles. The molecule has 0 aliphatic rings. The summed E-state index contributed by atoms with van der Waals surface area (Å²) < 4.78 is 56.8. The van der Waals surface area contributed by atoms with E-state index in [1.165, 1.54) is 18.4 Å². The summed E-state index contributed by atoms with van der Waals surface area (Å²) in [7, 11) is 0.335. The van der Waals surface area contributed by atoms with E-state index in [1.54, 1.807) is 7.11 Å². The van der Waals surface area contributed by atoms with Crippen molar-refractivity contribution in [2.45, 2.75) is 71.1 Å². The molecule has 0 bridgehead atoms. The minimum absolute atomic E-state index is 0. The second-order valence-corrected chi connectivity index (χ2v) is 11.8. The van der Waals surface area contributed by atoms with E-state index in [9.17, 15) is 0 Å². The average Bonchev–Trinajstić information content (AvgIpc) is 2.94. The molecule has 1 aromatic rings. The zero-order valence-corrected chi connectivity index (χ0v) is 24.6. The first kappa shape index (κ1) is 55.8. The van der Waals surface area contributed by atoms with Crippen LogP contribution in [0, 0.1) is 51.4 Å². The number of benzene rings is 1. The fourth-order valence-corrected chi connectivity index (χ4v) is 2.86. The maximum Gasteiger partial charge on any atom is 0 e. The number of rotatable bonds is 9. The average molecular weight is 618 g/mol. The molecule has 0 aliphatic heterocycles. The maximum absolute atomic E-state index is 7.50. The molecule has 206 valence electrons. The number of hydrogen-bond donors (Lipinski definition) is 0. The monoisotopic (exact) mass is 618 g/mol. The van der Waals surface area contributed by atoms with E-state index >= 15 is 0 Å². The third kappa shape index (κ3) is 44.7. The Labute approximate surface area is 243 Å². The first-order chi connectivity index (χ1) is 17.0. The summed E-state index contributed by atoms with van der Waals surface area (Å²) in [6, 6.07) is 10.3. The van der Waals surface area contributed by atoms with Gasteiger partial charge in [0.25, 0.3) is 0 Å². The summed E-state index contributed by atoms with van der Waals surface area (Å²) >= 11 is 0. The standard InChI is InChI=1S/C20H32O2Si.6CO.2Co/c1-6-7-9-14-20(19(21-2)15-16-23(3,4)5)22-17-18-12-10-8-11-13-18;6*1-2;;/h8,10-13,19-20H,6-7,9,14,17H2,1-5H3;;;;;;;;/t19-,20+;;;;;;;;/m0......../s1. The molecule has 0 spiro atoms. The number of ether oxygens (including phenoxy) is 2. The van der Waals surface area contributed by atoms with Crippen LogP contribution in [0.2, 0.25) is 19.6 Å². The van der Waals surface area contributed by atoms with E-state index < -0.39 is 8.07 Å². The van der Waals surface area contributed by atoms with Crippen LogP contribution in [-0.4, -0.2) is 27.4 Å². The second kappa shape index (κ2) is 51.1. The van der Waals surface area contributed by atoms with Crippen molar-refractivity contribution in [2.24, 2.45) is 0 Å². The molecule has 0 fully saturated rings. The molecule has 0 unspecified atom stereocenters. The van der Waals surface area contributed by atoms with Crippen LogP contribution in [-0.2, 0) is 77.6 Å². The van der Waals surface area contributed by atoms with Gasteiger partial charge in [0.15, 0.2) is 0 Å². The fraction of sp³-hybridized carbons (Fsp3) is 0.462. The van der Waals surface area contributed by atoms with Crippen molar-refractivity contribution in [3.05, 3.63) is 75.8 Å². The second-order valence-electron chi connectivity index (χ2n) is 7.01. The SMILES string of the molecule is CCCCC[C@@H](OCc1ccccc1)[C@H](C#C[Si](C)(C)C)OC.[C-]#[O+].[C-]#[O+].[C-]#[O+].[C-]#[O+].[C-]#[O+].[C-]#[O+].[Co].[Co]. The van der Waals surface area contributed by atoms with E-state index in [-0.39, 0.29) is 45.8 Å². The molecule has 0 amide bonds. The molecule has 1 rings (SSSR count). The molecule has 0 N–H and O–H groups in total. The van der Waals surface area contributed by atoms with Gasteiger partial charge in [-0.05, 0) is 12.0 Å². The van der Waals surface area contributed by atoms with E-state index in [2.05, 4.69) is 90.1 Å². The predicted octanol–water partition coefficient (Wildman–Crippen LogP) is 4.82. The smallest absolute Gasteiger partial charge is 0 e. The zero-order chi connectivity index (χ0) is 29.1. The van der Waals surface area contributed by atoms with Gasteiger partial charge in [0, 0.05) is 40.7 Å². The first-order valence-corrected chi connectivity index (χ1v) is 13.4. The number of unbranched alkanes of at least 4 members (excludes halogenated alkanes) is 2. The number of methoxy groups -OCH3 is 1. The minimum Gasteiger partial charge on any atom is 0 e. The maximum atomic E-state index is 7.50. The molecular weight excluding hydrogens is 586 g/mol. The van der Waals surface area contributed by atoms with Crippen LogP contribution in [0.15, 0.2) is 30.3 Å². The van der Waals surface area contributed by atoms with Crippen LogP contribution < -0.4 is 0 Å². The summed E-state index contributed by atoms with van der Waals surface area (Å²) in [5.41, 5.74) is 4.62. The zero-order valence-electron chi connectivity index (χ0n) is 21.5. The van der Waals surface area contributed by atoms with Crippen molar-refractivity contribution in [2.75, 3.05) is 7.11 Å². The Morgan fingerprint density at radius 3 is 1.57 bits per heavy atom. The predicted molar refractivity (Wildman–Crippen MR) is 125 cm³/mol. The summed E-state index contributed by atoms with van der Waals surface area (Å²) in [5, 5.41) is 0. The third-order valence-corrected chi connectivity index (χ3v) is 4.47. The molecule has 2 atom stereocenters. The summed E-state index contributed by atoms with van der Waals surface area (Å²) in [6.45, 7) is 36.6. The normalized spacial score (nSPS) is 9.00. The first-order valence-electron chi connectivity index (χ1n) is 9.89. The van der Waals surface area contributed by atoms with Gasteiger partial charge in [0.2, 0.25) is 0 Å². The van der Waals surface area contributed by atoms with Crippen molar-refractivity contribution in [1.82, 2.24) is 0 Å². The molecule has 2 radical (unpaired) electrons. The molecular formula is C26H32Co2O8Si. The summed E-state index contributed by atoms with van der Waals surface area (Å²) in [6.07, 6.45) is 4.49. The van der Waals surface area contributed by atoms with Crippen LogP contribution in [0.1, 0.15) is 38.2 Å². The van der Waals surface area contributed by atoms with Gasteiger partial charge in [0.05, 0.1) is 12.7 Å². The Morgan fingerprint density at radius 2 is 1.22 bits per heavy atom. The fourth-order valence-electron chi connectivity index (χ4n) is 2.29. The van der Waals surface area contributed by atoms with Gasteiger partial charge < -0.3 is 9.47 Å². The van der Waals surface area contributed by atoms with E-state index in [4.69, 9.17) is 37.4 Å². The molecule has 0 aromatic heterocycles. The van der Waals surface area contributed by atoms with Crippen molar-refractivity contribution in [1.29, 1.82) is 0 Å². The van der Waals surface area contributed by atoms with Gasteiger partial charge >= 0.3 is 67.8 Å². The largest absolute Gasteiger partial charge is 0 e. The van der Waals surface area contributed by atoms with Crippen molar-refractivity contribution in [3.63, 3.8) is 0 Å². The van der Waals surface area contributed by atoms with E-state index in [0.29, 0.717) is 6.61 Å². The third-order valence-electron chi connectivity index (χ3n) is 3.58. The molecule has 1 aromatic carbocycles. The molecule has 8 nitrogen and oxygen atoms in total. The summed E-state index contributed by atoms with van der Waals surface area (Å²) in [5.74, 6) is 3.34. The van der Waals surface area contributed by atoms with E-state index in [1.807, 2.05) is 18.2 Å². The molecule has 0 saturated carbocycles. The van der Waals surface area contributed by atoms with Crippen LogP contribution in [0.4, 0.5) is 0 Å². The number of hydrogen-bond acceptors (Lipinski definition) is 2.